The zero-order valence-electron chi connectivity index (χ0n) is 14.8. The number of benzene rings is 1. The molecule has 0 fully saturated rings. The van der Waals surface area contributed by atoms with Crippen LogP contribution < -0.4 is 5.32 Å². The van der Waals surface area contributed by atoms with Gasteiger partial charge in [0.1, 0.15) is 0 Å². The molecule has 1 aliphatic rings. The fourth-order valence-corrected chi connectivity index (χ4v) is 2.33. The maximum Gasteiger partial charge on any atom is 0.159 e. The van der Waals surface area contributed by atoms with E-state index in [4.69, 9.17) is 0 Å². The Morgan fingerprint density at radius 2 is 1.07 bits per heavy atom. The summed E-state index contributed by atoms with van der Waals surface area (Å²) in [5.41, 5.74) is 1.87. The summed E-state index contributed by atoms with van der Waals surface area (Å²) in [6.07, 6.45) is 16.9. The Labute approximate surface area is 158 Å². The first-order valence-electron chi connectivity index (χ1n) is 8.63. The first-order chi connectivity index (χ1) is 13.4. The lowest BCUT2D eigenvalue weighted by atomic mass is 10.2. The second-order valence-electron chi connectivity index (χ2n) is 5.52. The van der Waals surface area contributed by atoms with Gasteiger partial charge in [-0.2, -0.15) is 0 Å². The van der Waals surface area contributed by atoms with Crippen LogP contribution in [0.1, 0.15) is 0 Å². The lowest BCUT2D eigenvalue weighted by Gasteiger charge is -1.91. The van der Waals surface area contributed by atoms with Gasteiger partial charge in [0.05, 0.1) is 5.52 Å². The average molecular weight is 352 g/mol. The Balaban J connectivity index is 0.000000119. The van der Waals surface area contributed by atoms with Crippen LogP contribution in [0.15, 0.2) is 116 Å². The van der Waals surface area contributed by atoms with E-state index in [1.807, 2.05) is 91.4 Å². The van der Waals surface area contributed by atoms with Crippen LogP contribution in [0.25, 0.3) is 21.9 Å². The molecule has 4 aromatic rings. The average Bonchev–Trinajstić information content (AvgIpc) is 3.08. The number of hydrogen-bond acceptors (Lipinski definition) is 4. The molecule has 0 atom stereocenters. The zero-order valence-corrected chi connectivity index (χ0v) is 14.8. The Bertz CT molecular complexity index is 852. The number of hydrogen-bond donors (Lipinski definition) is 1. The zero-order chi connectivity index (χ0) is 18.6. The van der Waals surface area contributed by atoms with Gasteiger partial charge < -0.3 is 5.32 Å². The molecular formula is C23H20N4. The standard InChI is InChI=1S/C9H7N.C8H6N2.C6H7N/c1-2-6-9-8(4-1)5-3-7-10-9;1-3-7-4-2-6-10-8(7)9-5-1;1-2-4-6-7-5-3-1/h1-7H;1-6H;1-7H. The SMILES string of the molecule is C1=CC=CNC=C1.c1ccc2ncccc2c1.c1cnc2ncccc2c1. The van der Waals surface area contributed by atoms with E-state index in [0.717, 1.165) is 16.6 Å². The molecule has 27 heavy (non-hydrogen) atoms. The summed E-state index contributed by atoms with van der Waals surface area (Å²) in [7, 11) is 0. The van der Waals surface area contributed by atoms with E-state index < -0.39 is 0 Å². The van der Waals surface area contributed by atoms with E-state index in [1.165, 1.54) is 5.39 Å². The van der Waals surface area contributed by atoms with Crippen LogP contribution in [0.2, 0.25) is 0 Å². The van der Waals surface area contributed by atoms with Crippen molar-refractivity contribution in [3.8, 4) is 0 Å². The number of pyridine rings is 3. The van der Waals surface area contributed by atoms with E-state index in [0.29, 0.717) is 0 Å². The van der Waals surface area contributed by atoms with Gasteiger partial charge in [0.2, 0.25) is 0 Å². The summed E-state index contributed by atoms with van der Waals surface area (Å²) in [6, 6.07) is 19.9. The van der Waals surface area contributed by atoms with Crippen LogP contribution >= 0.6 is 0 Å². The fraction of sp³-hybridized carbons (Fsp3) is 0. The minimum absolute atomic E-state index is 0.810. The molecule has 0 saturated heterocycles. The molecule has 0 aliphatic carbocycles. The highest BCUT2D eigenvalue weighted by atomic mass is 14.8. The summed E-state index contributed by atoms with van der Waals surface area (Å²) >= 11 is 0. The van der Waals surface area contributed by atoms with E-state index in [9.17, 15) is 0 Å². The van der Waals surface area contributed by atoms with E-state index >= 15 is 0 Å². The van der Waals surface area contributed by atoms with Crippen LogP contribution in [-0.2, 0) is 0 Å². The van der Waals surface area contributed by atoms with Gasteiger partial charge in [-0.05, 0) is 48.6 Å². The Morgan fingerprint density at radius 3 is 1.70 bits per heavy atom. The quantitative estimate of drug-likeness (QED) is 0.482. The molecular weight excluding hydrogens is 332 g/mol. The van der Waals surface area contributed by atoms with Gasteiger partial charge in [0, 0.05) is 41.8 Å². The minimum atomic E-state index is 0.810. The normalized spacial score (nSPS) is 11.6. The summed E-state index contributed by atoms with van der Waals surface area (Å²) < 4.78 is 0. The highest BCUT2D eigenvalue weighted by Crippen LogP contribution is 2.08. The number of para-hydroxylation sites is 1. The van der Waals surface area contributed by atoms with Crippen molar-refractivity contribution in [2.45, 2.75) is 0 Å². The van der Waals surface area contributed by atoms with Gasteiger partial charge in [-0.3, -0.25) is 4.98 Å². The van der Waals surface area contributed by atoms with Gasteiger partial charge in [0.25, 0.3) is 0 Å². The number of nitrogens with zero attached hydrogens (tertiary/aromatic N) is 3. The van der Waals surface area contributed by atoms with E-state index in [-0.39, 0.29) is 0 Å². The van der Waals surface area contributed by atoms with Gasteiger partial charge in [-0.25, -0.2) is 9.97 Å². The number of fused-ring (bicyclic) bond motifs is 2. The van der Waals surface area contributed by atoms with Gasteiger partial charge >= 0.3 is 0 Å². The molecule has 1 aromatic carbocycles. The molecule has 0 radical (unpaired) electrons. The molecule has 0 amide bonds. The maximum atomic E-state index is 4.18. The first kappa shape index (κ1) is 18.0. The fourth-order valence-electron chi connectivity index (χ4n) is 2.33. The molecule has 0 spiro atoms. The van der Waals surface area contributed by atoms with Crippen molar-refractivity contribution in [3.05, 3.63) is 116 Å². The van der Waals surface area contributed by atoms with Crippen molar-refractivity contribution >= 4 is 21.9 Å². The predicted molar refractivity (Wildman–Crippen MR) is 112 cm³/mol. The van der Waals surface area contributed by atoms with E-state index in [1.54, 1.807) is 12.4 Å². The number of aromatic nitrogens is 3. The summed E-state index contributed by atoms with van der Waals surface area (Å²) in [5.74, 6) is 0. The van der Waals surface area contributed by atoms with Crippen molar-refractivity contribution in [1.82, 2.24) is 20.3 Å². The van der Waals surface area contributed by atoms with Crippen LogP contribution in [0.5, 0.6) is 0 Å². The van der Waals surface area contributed by atoms with Crippen LogP contribution in [0.4, 0.5) is 0 Å². The van der Waals surface area contributed by atoms with Gasteiger partial charge in [-0.15, -0.1) is 0 Å². The Kier molecular flexibility index (Phi) is 6.84. The molecule has 3 aromatic heterocycles. The maximum absolute atomic E-state index is 4.18. The topological polar surface area (TPSA) is 50.7 Å². The van der Waals surface area contributed by atoms with Crippen molar-refractivity contribution in [1.29, 1.82) is 0 Å². The molecule has 4 heterocycles. The van der Waals surface area contributed by atoms with E-state index in [2.05, 4.69) is 32.4 Å². The van der Waals surface area contributed by atoms with Gasteiger partial charge in [0.15, 0.2) is 5.65 Å². The molecule has 0 unspecified atom stereocenters. The molecule has 4 heteroatoms. The minimum Gasteiger partial charge on any atom is -0.368 e. The van der Waals surface area contributed by atoms with Crippen molar-refractivity contribution in [2.75, 3.05) is 0 Å². The predicted octanol–water partition coefficient (Wildman–Crippen LogP) is 5.04. The van der Waals surface area contributed by atoms with Crippen LogP contribution in [-0.4, -0.2) is 15.0 Å². The Hall–Kier alpha value is -3.79. The second-order valence-corrected chi connectivity index (χ2v) is 5.52. The van der Waals surface area contributed by atoms with Crippen molar-refractivity contribution in [3.63, 3.8) is 0 Å². The molecule has 5 rings (SSSR count). The lowest BCUT2D eigenvalue weighted by molar-refractivity contribution is 1.20. The summed E-state index contributed by atoms with van der Waals surface area (Å²) in [4.78, 5) is 12.3. The lowest BCUT2D eigenvalue weighted by Crippen LogP contribution is -1.87. The van der Waals surface area contributed by atoms with Crippen molar-refractivity contribution < 1.29 is 0 Å². The van der Waals surface area contributed by atoms with Crippen LogP contribution in [0, 0.1) is 0 Å². The highest BCUT2D eigenvalue weighted by molar-refractivity contribution is 5.77. The molecule has 0 bridgehead atoms. The molecule has 0 saturated carbocycles. The molecule has 1 N–H and O–H groups in total. The highest BCUT2D eigenvalue weighted by Gasteiger charge is 1.88. The molecule has 1 aliphatic heterocycles. The van der Waals surface area contributed by atoms with Gasteiger partial charge in [-0.1, -0.05) is 36.4 Å². The Morgan fingerprint density at radius 1 is 0.519 bits per heavy atom. The van der Waals surface area contributed by atoms with Crippen molar-refractivity contribution in [2.24, 2.45) is 0 Å². The molecule has 4 nitrogen and oxygen atoms in total. The third-order valence-corrected chi connectivity index (χ3v) is 3.61. The number of nitrogens with one attached hydrogen (secondary N) is 1. The molecule has 132 valence electrons. The van der Waals surface area contributed by atoms with Crippen LogP contribution in [0.3, 0.4) is 0 Å². The smallest absolute Gasteiger partial charge is 0.159 e. The second kappa shape index (κ2) is 10.3. The monoisotopic (exact) mass is 352 g/mol. The summed E-state index contributed by atoms with van der Waals surface area (Å²) in [6.45, 7) is 0. The number of rotatable bonds is 0. The number of allylic oxidation sites excluding steroid dienone is 4. The third kappa shape index (κ3) is 5.90. The third-order valence-electron chi connectivity index (χ3n) is 3.61. The largest absolute Gasteiger partial charge is 0.368 e. The summed E-state index contributed by atoms with van der Waals surface area (Å²) in [5, 5.41) is 5.21. The first-order valence-corrected chi connectivity index (χ1v) is 8.63.